The van der Waals surface area contributed by atoms with Crippen LogP contribution in [0.25, 0.3) is 0 Å². The Balaban J connectivity index is 4.22. The molecule has 0 spiro atoms. The molecule has 0 rings (SSSR count). The maximum Gasteiger partial charge on any atom is 0.320 e. The second kappa shape index (κ2) is 7.35. The van der Waals surface area contributed by atoms with Crippen LogP contribution >= 0.6 is 0 Å². The molecule has 0 aromatic rings. The summed E-state index contributed by atoms with van der Waals surface area (Å²) < 4.78 is 9.32. The highest BCUT2D eigenvalue weighted by atomic mass is 16.5. The Morgan fingerprint density at radius 2 is 1.86 bits per heavy atom. The van der Waals surface area contributed by atoms with Gasteiger partial charge in [0.15, 0.2) is 5.92 Å². The van der Waals surface area contributed by atoms with E-state index in [2.05, 4.69) is 4.74 Å². The number of ether oxygens (including phenoxy) is 2. The van der Waals surface area contributed by atoms with Crippen molar-refractivity contribution in [2.24, 2.45) is 5.92 Å². The Kier molecular flexibility index (Phi) is 6.80. The van der Waals surface area contributed by atoms with Gasteiger partial charge in [0.2, 0.25) is 0 Å². The van der Waals surface area contributed by atoms with Crippen LogP contribution in [-0.2, 0) is 19.1 Å². The van der Waals surface area contributed by atoms with Crippen molar-refractivity contribution in [3.05, 3.63) is 0 Å². The van der Waals surface area contributed by atoms with E-state index in [0.29, 0.717) is 13.0 Å². The van der Waals surface area contributed by atoms with Gasteiger partial charge in [0, 0.05) is 0 Å². The quantitative estimate of drug-likeness (QED) is 0.484. The van der Waals surface area contributed by atoms with Gasteiger partial charge in [-0.05, 0) is 13.3 Å². The molecule has 0 aliphatic carbocycles. The Morgan fingerprint density at radius 3 is 2.29 bits per heavy atom. The zero-order valence-corrected chi connectivity index (χ0v) is 9.04. The van der Waals surface area contributed by atoms with Crippen molar-refractivity contribution in [1.29, 1.82) is 0 Å². The molecule has 0 bridgehead atoms. The largest absolute Gasteiger partial charge is 0.468 e. The van der Waals surface area contributed by atoms with Crippen molar-refractivity contribution in [3.63, 3.8) is 0 Å². The molecule has 4 heteroatoms. The van der Waals surface area contributed by atoms with E-state index in [1.165, 1.54) is 7.11 Å². The van der Waals surface area contributed by atoms with Crippen LogP contribution in [-0.4, -0.2) is 25.7 Å². The van der Waals surface area contributed by atoms with Crippen molar-refractivity contribution >= 4 is 11.9 Å². The molecule has 82 valence electrons. The van der Waals surface area contributed by atoms with Crippen LogP contribution in [0, 0.1) is 5.92 Å². The second-order valence-corrected chi connectivity index (χ2v) is 2.97. The third kappa shape index (κ3) is 4.25. The van der Waals surface area contributed by atoms with Crippen LogP contribution in [0.15, 0.2) is 0 Å². The molecule has 14 heavy (non-hydrogen) atoms. The van der Waals surface area contributed by atoms with E-state index >= 15 is 0 Å². The number of rotatable bonds is 6. The SMILES string of the molecule is CCCCC(C(=O)OC)C(=O)OCC. The molecule has 0 saturated carbocycles. The molecule has 0 fully saturated rings. The number of methoxy groups -OCH3 is 1. The standard InChI is InChI=1S/C10H18O4/c1-4-6-7-8(9(11)13-3)10(12)14-5-2/h8H,4-7H2,1-3H3. The van der Waals surface area contributed by atoms with Crippen LogP contribution in [0.1, 0.15) is 33.1 Å². The van der Waals surface area contributed by atoms with Gasteiger partial charge in [0.25, 0.3) is 0 Å². The number of carbonyl (C=O) groups excluding carboxylic acids is 2. The van der Waals surface area contributed by atoms with Crippen molar-refractivity contribution in [3.8, 4) is 0 Å². The molecular weight excluding hydrogens is 184 g/mol. The smallest absolute Gasteiger partial charge is 0.320 e. The molecule has 0 aliphatic heterocycles. The van der Waals surface area contributed by atoms with E-state index in [1.54, 1.807) is 6.92 Å². The highest BCUT2D eigenvalue weighted by molar-refractivity contribution is 5.94. The highest BCUT2D eigenvalue weighted by Gasteiger charge is 2.27. The zero-order valence-electron chi connectivity index (χ0n) is 9.04. The number of hydrogen-bond acceptors (Lipinski definition) is 4. The van der Waals surface area contributed by atoms with Gasteiger partial charge in [-0.15, -0.1) is 0 Å². The van der Waals surface area contributed by atoms with Gasteiger partial charge in [-0.2, -0.15) is 0 Å². The van der Waals surface area contributed by atoms with Crippen molar-refractivity contribution in [1.82, 2.24) is 0 Å². The van der Waals surface area contributed by atoms with Gasteiger partial charge in [-0.25, -0.2) is 0 Å². The van der Waals surface area contributed by atoms with Crippen LogP contribution in [0.5, 0.6) is 0 Å². The Labute approximate surface area is 84.6 Å². The number of unbranched alkanes of at least 4 members (excludes halogenated alkanes) is 1. The monoisotopic (exact) mass is 202 g/mol. The second-order valence-electron chi connectivity index (χ2n) is 2.97. The summed E-state index contributed by atoms with van der Waals surface area (Å²) in [4.78, 5) is 22.5. The molecule has 0 amide bonds. The summed E-state index contributed by atoms with van der Waals surface area (Å²) in [6.45, 7) is 4.00. The summed E-state index contributed by atoms with van der Waals surface area (Å²) in [6, 6.07) is 0. The summed E-state index contributed by atoms with van der Waals surface area (Å²) in [5.74, 6) is -1.73. The van der Waals surface area contributed by atoms with E-state index in [-0.39, 0.29) is 0 Å². The average Bonchev–Trinajstić information content (AvgIpc) is 2.18. The molecular formula is C10H18O4. The Bertz CT molecular complexity index is 189. The molecule has 0 aromatic carbocycles. The summed E-state index contributed by atoms with van der Waals surface area (Å²) in [7, 11) is 1.28. The minimum Gasteiger partial charge on any atom is -0.468 e. The zero-order chi connectivity index (χ0) is 11.0. The van der Waals surface area contributed by atoms with Crippen molar-refractivity contribution in [2.75, 3.05) is 13.7 Å². The fraction of sp³-hybridized carbons (Fsp3) is 0.800. The molecule has 0 radical (unpaired) electrons. The lowest BCUT2D eigenvalue weighted by atomic mass is 10.0. The minimum absolute atomic E-state index is 0.290. The lowest BCUT2D eigenvalue weighted by Crippen LogP contribution is -2.27. The molecule has 0 N–H and O–H groups in total. The van der Waals surface area contributed by atoms with Crippen LogP contribution < -0.4 is 0 Å². The predicted molar refractivity (Wildman–Crippen MR) is 51.7 cm³/mol. The summed E-state index contributed by atoms with van der Waals surface area (Å²) in [5, 5.41) is 0. The summed E-state index contributed by atoms with van der Waals surface area (Å²) in [5.41, 5.74) is 0. The predicted octanol–water partition coefficient (Wildman–Crippen LogP) is 1.53. The molecule has 1 atom stereocenters. The average molecular weight is 202 g/mol. The van der Waals surface area contributed by atoms with E-state index in [4.69, 9.17) is 4.74 Å². The molecule has 0 aromatic heterocycles. The maximum atomic E-state index is 11.3. The first-order valence-corrected chi connectivity index (χ1v) is 4.91. The Morgan fingerprint density at radius 1 is 1.21 bits per heavy atom. The van der Waals surface area contributed by atoms with Crippen LogP contribution in [0.4, 0.5) is 0 Å². The number of esters is 2. The molecule has 1 unspecified atom stereocenters. The van der Waals surface area contributed by atoms with Gasteiger partial charge in [-0.1, -0.05) is 19.8 Å². The van der Waals surface area contributed by atoms with Gasteiger partial charge in [0.1, 0.15) is 0 Å². The summed E-state index contributed by atoms with van der Waals surface area (Å²) in [6.07, 6.45) is 2.26. The fourth-order valence-corrected chi connectivity index (χ4v) is 1.13. The van der Waals surface area contributed by atoms with E-state index in [1.807, 2.05) is 6.92 Å². The first-order valence-electron chi connectivity index (χ1n) is 4.91. The minimum atomic E-state index is -0.750. The van der Waals surface area contributed by atoms with E-state index in [0.717, 1.165) is 12.8 Å². The first kappa shape index (κ1) is 12.9. The van der Waals surface area contributed by atoms with E-state index in [9.17, 15) is 9.59 Å². The van der Waals surface area contributed by atoms with Gasteiger partial charge < -0.3 is 9.47 Å². The third-order valence-electron chi connectivity index (χ3n) is 1.90. The van der Waals surface area contributed by atoms with Gasteiger partial charge in [-0.3, -0.25) is 9.59 Å². The number of hydrogen-bond donors (Lipinski definition) is 0. The topological polar surface area (TPSA) is 52.6 Å². The number of carbonyl (C=O) groups is 2. The molecule has 0 heterocycles. The van der Waals surface area contributed by atoms with Crippen molar-refractivity contribution < 1.29 is 19.1 Å². The van der Waals surface area contributed by atoms with Crippen LogP contribution in [0.3, 0.4) is 0 Å². The van der Waals surface area contributed by atoms with Gasteiger partial charge >= 0.3 is 11.9 Å². The van der Waals surface area contributed by atoms with Gasteiger partial charge in [0.05, 0.1) is 13.7 Å². The first-order chi connectivity index (χ1) is 6.67. The summed E-state index contributed by atoms with van der Waals surface area (Å²) >= 11 is 0. The van der Waals surface area contributed by atoms with Crippen molar-refractivity contribution in [2.45, 2.75) is 33.1 Å². The third-order valence-corrected chi connectivity index (χ3v) is 1.90. The lowest BCUT2D eigenvalue weighted by Gasteiger charge is -2.12. The fourth-order valence-electron chi connectivity index (χ4n) is 1.13. The highest BCUT2D eigenvalue weighted by Crippen LogP contribution is 2.12. The Hall–Kier alpha value is -1.06. The normalized spacial score (nSPS) is 11.9. The lowest BCUT2D eigenvalue weighted by molar-refractivity contribution is -0.160. The molecule has 4 nitrogen and oxygen atoms in total. The molecule has 0 saturated heterocycles. The molecule has 0 aliphatic rings. The van der Waals surface area contributed by atoms with E-state index < -0.39 is 17.9 Å². The van der Waals surface area contributed by atoms with Crippen LogP contribution in [0.2, 0.25) is 0 Å². The maximum absolute atomic E-state index is 11.3.